The summed E-state index contributed by atoms with van der Waals surface area (Å²) in [6, 6.07) is 23.4. The first-order chi connectivity index (χ1) is 17.4. The van der Waals surface area contributed by atoms with Gasteiger partial charge in [0.2, 0.25) is 0 Å². The third-order valence-corrected chi connectivity index (χ3v) is 7.18. The van der Waals surface area contributed by atoms with Crippen molar-refractivity contribution in [3.05, 3.63) is 89.5 Å². The highest BCUT2D eigenvalue weighted by atomic mass is 16.5. The Morgan fingerprint density at radius 3 is 2.56 bits per heavy atom. The number of hydrogen-bond donors (Lipinski definition) is 1. The fraction of sp³-hybridized carbons (Fsp3) is 0.300. The molecular formula is C30H31N3O3. The Balaban J connectivity index is 1.55. The molecule has 184 valence electrons. The molecule has 3 aromatic rings. The van der Waals surface area contributed by atoms with E-state index in [1.165, 1.54) is 4.90 Å². The van der Waals surface area contributed by atoms with Crippen molar-refractivity contribution in [1.29, 1.82) is 0 Å². The number of rotatable bonds is 7. The number of ether oxygens (including phenoxy) is 1. The Kier molecular flexibility index (Phi) is 6.35. The first kappa shape index (κ1) is 23.8. The maximum absolute atomic E-state index is 13.6. The lowest BCUT2D eigenvalue weighted by Gasteiger charge is -2.37. The summed E-state index contributed by atoms with van der Waals surface area (Å²) in [5.74, 6) is 0.803. The largest absolute Gasteiger partial charge is 0.485 e. The number of benzene rings is 3. The fourth-order valence-corrected chi connectivity index (χ4v) is 5.12. The van der Waals surface area contributed by atoms with Crippen LogP contribution >= 0.6 is 0 Å². The minimum Gasteiger partial charge on any atom is -0.485 e. The molecule has 36 heavy (non-hydrogen) atoms. The van der Waals surface area contributed by atoms with Crippen molar-refractivity contribution in [2.75, 3.05) is 7.05 Å². The number of hydrogen-bond acceptors (Lipinski definition) is 5. The lowest BCUT2D eigenvalue weighted by molar-refractivity contribution is -0.132. The van der Waals surface area contributed by atoms with Gasteiger partial charge in [-0.1, -0.05) is 74.4 Å². The van der Waals surface area contributed by atoms with Crippen molar-refractivity contribution in [3.8, 4) is 16.9 Å². The number of nitrogens with two attached hydrogens (primary N) is 1. The van der Waals surface area contributed by atoms with Crippen molar-refractivity contribution in [2.45, 2.75) is 50.7 Å². The van der Waals surface area contributed by atoms with E-state index < -0.39 is 5.54 Å². The molecule has 1 spiro atoms. The van der Waals surface area contributed by atoms with Crippen molar-refractivity contribution in [3.63, 3.8) is 0 Å². The number of guanidine groups is 1. The molecule has 6 heteroatoms. The van der Waals surface area contributed by atoms with E-state index in [2.05, 4.69) is 6.92 Å². The molecule has 0 fully saturated rings. The molecule has 2 N–H and O–H groups in total. The average Bonchev–Trinajstić information content (AvgIpc) is 3.12. The van der Waals surface area contributed by atoms with Crippen LogP contribution in [-0.4, -0.2) is 29.6 Å². The Labute approximate surface area is 211 Å². The first-order valence-electron chi connectivity index (χ1n) is 12.6. The zero-order chi connectivity index (χ0) is 25.3. The van der Waals surface area contributed by atoms with Crippen LogP contribution in [0.15, 0.2) is 77.8 Å². The van der Waals surface area contributed by atoms with E-state index >= 15 is 0 Å². The average molecular weight is 482 g/mol. The number of likely N-dealkylation sites (N-methyl/N-ethyl adjacent to an activating group) is 1. The molecule has 2 atom stereocenters. The van der Waals surface area contributed by atoms with Gasteiger partial charge < -0.3 is 10.5 Å². The summed E-state index contributed by atoms with van der Waals surface area (Å²) in [4.78, 5) is 32.4. The van der Waals surface area contributed by atoms with Crippen LogP contribution in [0.1, 0.15) is 66.6 Å². The quantitative estimate of drug-likeness (QED) is 0.350. The number of carbonyl (C=O) groups excluding carboxylic acids is 2. The molecule has 6 nitrogen and oxygen atoms in total. The number of amides is 1. The van der Waals surface area contributed by atoms with E-state index in [4.69, 9.17) is 15.5 Å². The highest BCUT2D eigenvalue weighted by Gasteiger charge is 2.53. The number of ketones is 1. The van der Waals surface area contributed by atoms with Crippen LogP contribution in [0.5, 0.6) is 5.75 Å². The zero-order valence-corrected chi connectivity index (χ0v) is 20.7. The number of unbranched alkanes of at least 4 members (excludes halogenated alkanes) is 2. The summed E-state index contributed by atoms with van der Waals surface area (Å²) in [6.45, 7) is 2.13. The third kappa shape index (κ3) is 4.17. The van der Waals surface area contributed by atoms with Gasteiger partial charge in [0.15, 0.2) is 17.3 Å². The number of fused-ring (bicyclic) bond motifs is 2. The summed E-state index contributed by atoms with van der Waals surface area (Å²) in [5, 5.41) is 0. The van der Waals surface area contributed by atoms with Crippen molar-refractivity contribution in [1.82, 2.24) is 4.90 Å². The maximum atomic E-state index is 13.6. The monoisotopic (exact) mass is 481 g/mol. The summed E-state index contributed by atoms with van der Waals surface area (Å²) in [7, 11) is 1.65. The normalized spacial score (nSPS) is 20.7. The Hall–Kier alpha value is -3.93. The molecule has 0 aromatic heterocycles. The highest BCUT2D eigenvalue weighted by molar-refractivity contribution is 6.07. The Bertz CT molecular complexity index is 1330. The molecule has 2 unspecified atom stereocenters. The molecule has 2 heterocycles. The number of Topliss-reactive ketones (excluding diaryl/α,β-unsaturated/α-hetero) is 1. The zero-order valence-electron chi connectivity index (χ0n) is 20.7. The molecule has 0 aliphatic carbocycles. The Morgan fingerprint density at radius 2 is 1.83 bits per heavy atom. The SMILES string of the molecule is CCCCCC(=O)c1cccc(-c2ccc3c(c2)C2(CC(c4ccccc4)O3)N=C(N)N(C)C2=O)c1. The molecule has 2 aliphatic rings. The van der Waals surface area contributed by atoms with Gasteiger partial charge in [-0.25, -0.2) is 4.99 Å². The minimum absolute atomic E-state index is 0.152. The molecule has 0 bridgehead atoms. The predicted molar refractivity (Wildman–Crippen MR) is 141 cm³/mol. The topological polar surface area (TPSA) is 85.0 Å². The van der Waals surface area contributed by atoms with Gasteiger partial charge in [0.25, 0.3) is 5.91 Å². The summed E-state index contributed by atoms with van der Waals surface area (Å²) >= 11 is 0. The summed E-state index contributed by atoms with van der Waals surface area (Å²) in [5.41, 5.74) is 9.18. The highest BCUT2D eigenvalue weighted by Crippen LogP contribution is 2.50. The fourth-order valence-electron chi connectivity index (χ4n) is 5.12. The molecule has 0 saturated carbocycles. The van der Waals surface area contributed by atoms with E-state index in [1.54, 1.807) is 7.05 Å². The predicted octanol–water partition coefficient (Wildman–Crippen LogP) is 5.62. The van der Waals surface area contributed by atoms with Crippen LogP contribution in [0.4, 0.5) is 0 Å². The van der Waals surface area contributed by atoms with Gasteiger partial charge in [0, 0.05) is 31.0 Å². The van der Waals surface area contributed by atoms with Crippen LogP contribution in [-0.2, 0) is 10.3 Å². The van der Waals surface area contributed by atoms with Crippen LogP contribution in [0.3, 0.4) is 0 Å². The summed E-state index contributed by atoms with van der Waals surface area (Å²) < 4.78 is 6.40. The Morgan fingerprint density at radius 1 is 1.06 bits per heavy atom. The lowest BCUT2D eigenvalue weighted by Crippen LogP contribution is -2.43. The van der Waals surface area contributed by atoms with E-state index in [-0.39, 0.29) is 23.8 Å². The van der Waals surface area contributed by atoms with Crippen LogP contribution in [0, 0.1) is 0 Å². The van der Waals surface area contributed by atoms with Crippen molar-refractivity contribution < 1.29 is 14.3 Å². The van der Waals surface area contributed by atoms with Gasteiger partial charge in [-0.3, -0.25) is 14.5 Å². The number of nitrogens with zero attached hydrogens (tertiary/aromatic N) is 2. The van der Waals surface area contributed by atoms with Gasteiger partial charge >= 0.3 is 0 Å². The van der Waals surface area contributed by atoms with Gasteiger partial charge in [-0.2, -0.15) is 0 Å². The molecular weight excluding hydrogens is 450 g/mol. The van der Waals surface area contributed by atoms with Gasteiger partial charge in [0.05, 0.1) is 0 Å². The van der Waals surface area contributed by atoms with Crippen LogP contribution in [0.25, 0.3) is 11.1 Å². The second-order valence-electron chi connectivity index (χ2n) is 9.59. The number of carbonyl (C=O) groups is 2. The molecule has 2 aliphatic heterocycles. The van der Waals surface area contributed by atoms with E-state index in [0.29, 0.717) is 29.7 Å². The van der Waals surface area contributed by atoms with Gasteiger partial charge in [-0.05, 0) is 41.3 Å². The van der Waals surface area contributed by atoms with Crippen LogP contribution < -0.4 is 10.5 Å². The van der Waals surface area contributed by atoms with Gasteiger partial charge in [-0.15, -0.1) is 0 Å². The first-order valence-corrected chi connectivity index (χ1v) is 12.6. The molecule has 5 rings (SSSR count). The van der Waals surface area contributed by atoms with Crippen molar-refractivity contribution >= 4 is 17.6 Å². The summed E-state index contributed by atoms with van der Waals surface area (Å²) in [6.07, 6.45) is 3.60. The second-order valence-corrected chi connectivity index (χ2v) is 9.59. The number of aliphatic imine (C=N–C) groups is 1. The lowest BCUT2D eigenvalue weighted by atomic mass is 9.79. The smallest absolute Gasteiger partial charge is 0.261 e. The second kappa shape index (κ2) is 9.61. The minimum atomic E-state index is -1.16. The van der Waals surface area contributed by atoms with E-state index in [9.17, 15) is 9.59 Å². The molecule has 1 amide bonds. The van der Waals surface area contributed by atoms with Crippen LogP contribution in [0.2, 0.25) is 0 Å². The molecule has 0 saturated heterocycles. The molecule has 0 radical (unpaired) electrons. The van der Waals surface area contributed by atoms with E-state index in [0.717, 1.165) is 36.0 Å². The van der Waals surface area contributed by atoms with Gasteiger partial charge in [0.1, 0.15) is 11.9 Å². The maximum Gasteiger partial charge on any atom is 0.261 e. The van der Waals surface area contributed by atoms with Crippen molar-refractivity contribution in [2.24, 2.45) is 10.7 Å². The third-order valence-electron chi connectivity index (χ3n) is 7.18. The molecule has 3 aromatic carbocycles. The van der Waals surface area contributed by atoms with E-state index in [1.807, 2.05) is 72.8 Å². The standard InChI is InChI=1S/C30H31N3O3/c1-3-4-6-14-25(34)23-13-9-12-21(17-23)22-15-16-26-24(18-22)30(28(35)33(2)29(31)32-30)19-27(36-26)20-10-7-5-8-11-20/h5,7-13,15-18,27H,3-4,6,14,19H2,1-2H3,(H2,31,32).